The highest BCUT2D eigenvalue weighted by atomic mass is 16.3. The zero-order valence-corrected chi connectivity index (χ0v) is 11.0. The number of nitrogens with zero attached hydrogens (tertiary/aromatic N) is 2. The van der Waals surface area contributed by atoms with Gasteiger partial charge in [-0.3, -0.25) is 0 Å². The standard InChI is InChI=1S/C16H13N3O/c1-10(20)16-18-14-6-5-13(8-15(14)19-16)12-4-2-3-11(7-12)9-17/h2-8,10,20H,1H3,(H,18,19)/t10-/m0/s1. The molecule has 0 fully saturated rings. The molecule has 0 aliphatic rings. The predicted molar refractivity (Wildman–Crippen MR) is 76.9 cm³/mol. The average molecular weight is 263 g/mol. The van der Waals surface area contributed by atoms with Crippen LogP contribution in [0.25, 0.3) is 22.2 Å². The quantitative estimate of drug-likeness (QED) is 0.746. The third-order valence-corrected chi connectivity index (χ3v) is 3.22. The molecule has 0 radical (unpaired) electrons. The molecule has 98 valence electrons. The smallest absolute Gasteiger partial charge is 0.135 e. The van der Waals surface area contributed by atoms with E-state index in [1.54, 1.807) is 13.0 Å². The third kappa shape index (κ3) is 2.15. The van der Waals surface area contributed by atoms with Crippen LogP contribution < -0.4 is 0 Å². The van der Waals surface area contributed by atoms with Gasteiger partial charge in [0.1, 0.15) is 11.9 Å². The molecule has 0 amide bonds. The van der Waals surface area contributed by atoms with Crippen LogP contribution in [-0.4, -0.2) is 15.1 Å². The Morgan fingerprint density at radius 2 is 2.00 bits per heavy atom. The zero-order valence-electron chi connectivity index (χ0n) is 11.0. The molecule has 0 saturated heterocycles. The van der Waals surface area contributed by atoms with Crippen molar-refractivity contribution in [3.8, 4) is 17.2 Å². The molecule has 20 heavy (non-hydrogen) atoms. The van der Waals surface area contributed by atoms with Gasteiger partial charge in [-0.2, -0.15) is 5.26 Å². The molecule has 1 atom stereocenters. The Labute approximate surface area is 116 Å². The number of aromatic amines is 1. The van der Waals surface area contributed by atoms with E-state index >= 15 is 0 Å². The number of nitrogens with one attached hydrogen (secondary N) is 1. The topological polar surface area (TPSA) is 72.7 Å². The van der Waals surface area contributed by atoms with Crippen molar-refractivity contribution in [2.75, 3.05) is 0 Å². The molecule has 2 N–H and O–H groups in total. The van der Waals surface area contributed by atoms with Gasteiger partial charge >= 0.3 is 0 Å². The number of hydrogen-bond donors (Lipinski definition) is 2. The van der Waals surface area contributed by atoms with Crippen LogP contribution in [0.15, 0.2) is 42.5 Å². The largest absolute Gasteiger partial charge is 0.385 e. The normalized spacial score (nSPS) is 12.2. The van der Waals surface area contributed by atoms with Crippen LogP contribution in [0.4, 0.5) is 0 Å². The summed E-state index contributed by atoms with van der Waals surface area (Å²) in [5, 5.41) is 18.5. The van der Waals surface area contributed by atoms with Gasteiger partial charge in [0.2, 0.25) is 0 Å². The maximum atomic E-state index is 9.55. The Balaban J connectivity index is 2.10. The lowest BCUT2D eigenvalue weighted by Crippen LogP contribution is -1.92. The number of aliphatic hydroxyl groups is 1. The lowest BCUT2D eigenvalue weighted by molar-refractivity contribution is 0.190. The molecule has 0 aliphatic heterocycles. The number of nitriles is 1. The summed E-state index contributed by atoms with van der Waals surface area (Å²) >= 11 is 0. The summed E-state index contributed by atoms with van der Waals surface area (Å²) in [5.74, 6) is 0.558. The van der Waals surface area contributed by atoms with Gasteiger partial charge < -0.3 is 10.1 Å². The summed E-state index contributed by atoms with van der Waals surface area (Å²) in [6.07, 6.45) is -0.618. The van der Waals surface area contributed by atoms with Gasteiger partial charge in [-0.05, 0) is 42.3 Å². The first kappa shape index (κ1) is 12.4. The Morgan fingerprint density at radius 3 is 2.75 bits per heavy atom. The van der Waals surface area contributed by atoms with Crippen LogP contribution in [0.1, 0.15) is 24.4 Å². The van der Waals surface area contributed by atoms with Gasteiger partial charge in [0.15, 0.2) is 0 Å². The molecule has 2 aromatic carbocycles. The van der Waals surface area contributed by atoms with Gasteiger partial charge in [-0.1, -0.05) is 18.2 Å². The van der Waals surface area contributed by atoms with E-state index in [4.69, 9.17) is 5.26 Å². The molecule has 1 heterocycles. The molecule has 4 heteroatoms. The Kier molecular flexibility index (Phi) is 2.97. The summed E-state index contributed by atoms with van der Waals surface area (Å²) in [6, 6.07) is 15.5. The van der Waals surface area contributed by atoms with E-state index in [0.717, 1.165) is 22.2 Å². The van der Waals surface area contributed by atoms with Gasteiger partial charge in [0, 0.05) is 0 Å². The molecule has 0 unspecified atom stereocenters. The summed E-state index contributed by atoms with van der Waals surface area (Å²) in [6.45, 7) is 1.68. The number of H-pyrrole nitrogens is 1. The zero-order chi connectivity index (χ0) is 14.1. The van der Waals surface area contributed by atoms with E-state index in [0.29, 0.717) is 11.4 Å². The lowest BCUT2D eigenvalue weighted by Gasteiger charge is -2.01. The second-order valence-corrected chi connectivity index (χ2v) is 4.72. The van der Waals surface area contributed by atoms with Crippen LogP contribution in [0.3, 0.4) is 0 Å². The van der Waals surface area contributed by atoms with Crippen molar-refractivity contribution in [3.05, 3.63) is 53.9 Å². The van der Waals surface area contributed by atoms with Crippen molar-refractivity contribution in [1.82, 2.24) is 9.97 Å². The van der Waals surface area contributed by atoms with Crippen molar-refractivity contribution in [1.29, 1.82) is 5.26 Å². The van der Waals surface area contributed by atoms with E-state index in [1.807, 2.05) is 36.4 Å². The predicted octanol–water partition coefficient (Wildman–Crippen LogP) is 3.15. The molecule has 0 saturated carbocycles. The van der Waals surface area contributed by atoms with E-state index in [9.17, 15) is 5.11 Å². The fraction of sp³-hybridized carbons (Fsp3) is 0.125. The van der Waals surface area contributed by atoms with Gasteiger partial charge in [-0.15, -0.1) is 0 Å². The van der Waals surface area contributed by atoms with Crippen LogP contribution in [0.5, 0.6) is 0 Å². The van der Waals surface area contributed by atoms with Crippen molar-refractivity contribution in [3.63, 3.8) is 0 Å². The van der Waals surface area contributed by atoms with Crippen LogP contribution in [-0.2, 0) is 0 Å². The minimum atomic E-state index is -0.618. The SMILES string of the molecule is C[C@H](O)c1nc2ccc(-c3cccc(C#N)c3)cc2[nH]1. The first-order chi connectivity index (χ1) is 9.67. The number of benzene rings is 2. The van der Waals surface area contributed by atoms with Gasteiger partial charge in [-0.25, -0.2) is 4.98 Å². The van der Waals surface area contributed by atoms with Crippen molar-refractivity contribution < 1.29 is 5.11 Å². The number of aromatic nitrogens is 2. The molecular weight excluding hydrogens is 250 g/mol. The van der Waals surface area contributed by atoms with Crippen LogP contribution in [0.2, 0.25) is 0 Å². The highest BCUT2D eigenvalue weighted by Crippen LogP contribution is 2.25. The van der Waals surface area contributed by atoms with Crippen molar-refractivity contribution in [2.24, 2.45) is 0 Å². The minimum absolute atomic E-state index is 0.558. The van der Waals surface area contributed by atoms with E-state index in [2.05, 4.69) is 16.0 Å². The summed E-state index contributed by atoms with van der Waals surface area (Å²) < 4.78 is 0. The third-order valence-electron chi connectivity index (χ3n) is 3.22. The maximum absolute atomic E-state index is 9.55. The lowest BCUT2D eigenvalue weighted by atomic mass is 10.0. The van der Waals surface area contributed by atoms with Crippen LogP contribution >= 0.6 is 0 Å². The van der Waals surface area contributed by atoms with Gasteiger partial charge in [0.25, 0.3) is 0 Å². The Hall–Kier alpha value is -2.64. The first-order valence-electron chi connectivity index (χ1n) is 6.35. The van der Waals surface area contributed by atoms with Crippen LogP contribution in [0, 0.1) is 11.3 Å². The Bertz CT molecular complexity index is 812. The van der Waals surface area contributed by atoms with Crippen molar-refractivity contribution in [2.45, 2.75) is 13.0 Å². The second-order valence-electron chi connectivity index (χ2n) is 4.72. The molecule has 0 aliphatic carbocycles. The van der Waals surface area contributed by atoms with Gasteiger partial charge in [0.05, 0.1) is 22.7 Å². The molecule has 3 rings (SSSR count). The van der Waals surface area contributed by atoms with E-state index in [-0.39, 0.29) is 0 Å². The molecule has 3 aromatic rings. The molecule has 0 bridgehead atoms. The van der Waals surface area contributed by atoms with Crippen molar-refractivity contribution >= 4 is 11.0 Å². The maximum Gasteiger partial charge on any atom is 0.135 e. The number of hydrogen-bond acceptors (Lipinski definition) is 3. The summed E-state index contributed by atoms with van der Waals surface area (Å²) in [5.41, 5.74) is 4.33. The molecule has 1 aromatic heterocycles. The Morgan fingerprint density at radius 1 is 1.20 bits per heavy atom. The number of fused-ring (bicyclic) bond motifs is 1. The van der Waals surface area contributed by atoms with E-state index in [1.165, 1.54) is 0 Å². The summed E-state index contributed by atoms with van der Waals surface area (Å²) in [4.78, 5) is 7.43. The fourth-order valence-electron chi connectivity index (χ4n) is 2.18. The highest BCUT2D eigenvalue weighted by Gasteiger charge is 2.08. The minimum Gasteiger partial charge on any atom is -0.385 e. The first-order valence-corrected chi connectivity index (χ1v) is 6.35. The van der Waals surface area contributed by atoms with E-state index < -0.39 is 6.10 Å². The average Bonchev–Trinajstić information content (AvgIpc) is 2.90. The molecule has 4 nitrogen and oxygen atoms in total. The monoisotopic (exact) mass is 263 g/mol. The summed E-state index contributed by atoms with van der Waals surface area (Å²) in [7, 11) is 0. The molecular formula is C16H13N3O. The number of rotatable bonds is 2. The second kappa shape index (κ2) is 4.80. The highest BCUT2D eigenvalue weighted by molar-refractivity contribution is 5.82. The molecule has 0 spiro atoms. The number of imidazole rings is 1. The fourth-order valence-corrected chi connectivity index (χ4v) is 2.18. The number of aliphatic hydroxyl groups excluding tert-OH is 1.